The van der Waals surface area contributed by atoms with E-state index in [0.717, 1.165) is 6.21 Å². The van der Waals surface area contributed by atoms with Gasteiger partial charge in [-0.2, -0.15) is 0 Å². The fourth-order valence-electron chi connectivity index (χ4n) is 0.867. The number of carboxylic acids is 1. The number of aromatic carboxylic acids is 1. The second kappa shape index (κ2) is 3.52. The maximum atomic E-state index is 10.6. The highest BCUT2D eigenvalue weighted by Gasteiger charge is 2.05. The molecule has 0 aliphatic rings. The first kappa shape index (κ1) is 8.26. The molecule has 0 amide bonds. The summed E-state index contributed by atoms with van der Waals surface area (Å²) in [6, 6.07) is 6.28. The molecule has 0 aliphatic heterocycles. The summed E-state index contributed by atoms with van der Waals surface area (Å²) in [5, 5.41) is 19.6. The molecule has 0 saturated carbocycles. The molecule has 0 unspecified atom stereocenters. The van der Waals surface area contributed by atoms with Crippen molar-refractivity contribution in [3.05, 3.63) is 35.4 Å². The van der Waals surface area contributed by atoms with E-state index in [4.69, 9.17) is 10.3 Å². The van der Waals surface area contributed by atoms with E-state index >= 15 is 0 Å². The molecular weight excluding hydrogens is 158 g/mol. The van der Waals surface area contributed by atoms with E-state index < -0.39 is 5.97 Å². The highest BCUT2D eigenvalue weighted by Crippen LogP contribution is 2.05. The predicted molar refractivity (Wildman–Crippen MR) is 42.8 cm³/mol. The highest BCUT2D eigenvalue weighted by atomic mass is 16.4. The lowest BCUT2D eigenvalue weighted by atomic mass is 10.1. The van der Waals surface area contributed by atoms with E-state index in [2.05, 4.69) is 5.16 Å². The minimum atomic E-state index is -1.04. The summed E-state index contributed by atoms with van der Waals surface area (Å²) < 4.78 is 0. The van der Waals surface area contributed by atoms with Crippen LogP contribution in [0.15, 0.2) is 29.4 Å². The van der Waals surface area contributed by atoms with Crippen molar-refractivity contribution in [2.75, 3.05) is 0 Å². The van der Waals surface area contributed by atoms with Crippen molar-refractivity contribution in [2.45, 2.75) is 0 Å². The fourth-order valence-corrected chi connectivity index (χ4v) is 0.867. The number of carboxylic acid groups (broad SMARTS) is 1. The second-order valence-electron chi connectivity index (χ2n) is 2.14. The van der Waals surface area contributed by atoms with Crippen LogP contribution in [0.4, 0.5) is 0 Å². The average molecular weight is 165 g/mol. The van der Waals surface area contributed by atoms with Crippen molar-refractivity contribution in [3.8, 4) is 0 Å². The van der Waals surface area contributed by atoms with Gasteiger partial charge < -0.3 is 10.3 Å². The monoisotopic (exact) mass is 165 g/mol. The second-order valence-corrected chi connectivity index (χ2v) is 2.14. The Morgan fingerprint density at radius 2 is 2.08 bits per heavy atom. The lowest BCUT2D eigenvalue weighted by Crippen LogP contribution is -2.00. The molecule has 1 aromatic rings. The molecule has 0 saturated heterocycles. The van der Waals surface area contributed by atoms with Gasteiger partial charge in [-0.3, -0.25) is 0 Å². The molecule has 12 heavy (non-hydrogen) atoms. The summed E-state index contributed by atoms with van der Waals surface area (Å²) in [6.07, 6.45) is 1.09. The quantitative estimate of drug-likeness (QED) is 0.393. The summed E-state index contributed by atoms with van der Waals surface area (Å²) in [4.78, 5) is 10.6. The van der Waals surface area contributed by atoms with Crippen LogP contribution >= 0.6 is 0 Å². The van der Waals surface area contributed by atoms with Gasteiger partial charge in [-0.05, 0) is 6.07 Å². The van der Waals surface area contributed by atoms with E-state index in [1.54, 1.807) is 18.2 Å². The number of nitrogens with zero attached hydrogens (tertiary/aromatic N) is 1. The molecule has 0 atom stereocenters. The molecule has 4 nitrogen and oxygen atoms in total. The molecule has 0 bridgehead atoms. The SMILES string of the molecule is O=C(O)c1ccccc1C=NO. The maximum absolute atomic E-state index is 10.6. The Hall–Kier alpha value is -1.84. The lowest BCUT2D eigenvalue weighted by Gasteiger charge is -1.97. The zero-order chi connectivity index (χ0) is 8.97. The van der Waals surface area contributed by atoms with Gasteiger partial charge in [-0.15, -0.1) is 0 Å². The molecule has 0 heterocycles. The standard InChI is InChI=1S/C8H7NO3/c10-8(11)7-4-2-1-3-6(7)5-9-12/h1-5,12H,(H,10,11). The molecule has 2 N–H and O–H groups in total. The van der Waals surface area contributed by atoms with Gasteiger partial charge >= 0.3 is 5.97 Å². The Labute approximate surface area is 68.8 Å². The summed E-state index contributed by atoms with van der Waals surface area (Å²) in [7, 11) is 0. The molecule has 0 spiro atoms. The first-order chi connectivity index (χ1) is 5.75. The Kier molecular flexibility index (Phi) is 2.42. The van der Waals surface area contributed by atoms with E-state index in [9.17, 15) is 4.79 Å². The number of benzene rings is 1. The Morgan fingerprint density at radius 3 is 2.67 bits per heavy atom. The van der Waals surface area contributed by atoms with Crippen molar-refractivity contribution >= 4 is 12.2 Å². The van der Waals surface area contributed by atoms with Crippen molar-refractivity contribution in [2.24, 2.45) is 5.16 Å². The van der Waals surface area contributed by atoms with Crippen LogP contribution in [0.3, 0.4) is 0 Å². The van der Waals surface area contributed by atoms with E-state index in [1.165, 1.54) is 6.07 Å². The van der Waals surface area contributed by atoms with Gasteiger partial charge in [0.2, 0.25) is 0 Å². The van der Waals surface area contributed by atoms with Crippen LogP contribution in [0, 0.1) is 0 Å². The molecule has 1 aromatic carbocycles. The number of carbonyl (C=O) groups is 1. The van der Waals surface area contributed by atoms with Crippen molar-refractivity contribution < 1.29 is 15.1 Å². The van der Waals surface area contributed by atoms with Crippen LogP contribution < -0.4 is 0 Å². The van der Waals surface area contributed by atoms with Gasteiger partial charge in [-0.1, -0.05) is 23.4 Å². The number of hydrogen-bond acceptors (Lipinski definition) is 3. The van der Waals surface area contributed by atoms with Gasteiger partial charge in [0.15, 0.2) is 0 Å². The fraction of sp³-hybridized carbons (Fsp3) is 0. The smallest absolute Gasteiger partial charge is 0.336 e. The van der Waals surface area contributed by atoms with Crippen LogP contribution in [0.2, 0.25) is 0 Å². The summed E-state index contributed by atoms with van der Waals surface area (Å²) in [5.74, 6) is -1.04. The lowest BCUT2D eigenvalue weighted by molar-refractivity contribution is 0.0697. The van der Waals surface area contributed by atoms with E-state index in [1.807, 2.05) is 0 Å². The molecule has 1 rings (SSSR count). The first-order valence-corrected chi connectivity index (χ1v) is 3.25. The maximum Gasteiger partial charge on any atom is 0.336 e. The summed E-state index contributed by atoms with van der Waals surface area (Å²) >= 11 is 0. The minimum absolute atomic E-state index is 0.121. The highest BCUT2D eigenvalue weighted by molar-refractivity contribution is 5.98. The van der Waals surface area contributed by atoms with E-state index in [0.29, 0.717) is 5.56 Å². The van der Waals surface area contributed by atoms with Crippen LogP contribution in [-0.2, 0) is 0 Å². The third kappa shape index (κ3) is 1.60. The zero-order valence-corrected chi connectivity index (χ0v) is 6.14. The number of rotatable bonds is 2. The number of oxime groups is 1. The molecule has 0 fully saturated rings. The van der Waals surface area contributed by atoms with Crippen molar-refractivity contribution in [1.82, 2.24) is 0 Å². The molecule has 0 aliphatic carbocycles. The van der Waals surface area contributed by atoms with Crippen LogP contribution in [-0.4, -0.2) is 22.5 Å². The van der Waals surface area contributed by atoms with Crippen molar-refractivity contribution in [3.63, 3.8) is 0 Å². The first-order valence-electron chi connectivity index (χ1n) is 3.25. The van der Waals surface area contributed by atoms with Gasteiger partial charge in [-0.25, -0.2) is 4.79 Å². The van der Waals surface area contributed by atoms with Crippen LogP contribution in [0.25, 0.3) is 0 Å². The predicted octanol–water partition coefficient (Wildman–Crippen LogP) is 1.19. The third-order valence-corrected chi connectivity index (χ3v) is 1.39. The molecule has 0 aromatic heterocycles. The summed E-state index contributed by atoms with van der Waals surface area (Å²) in [6.45, 7) is 0. The van der Waals surface area contributed by atoms with Gasteiger partial charge in [0.05, 0.1) is 11.8 Å². The molecule has 0 radical (unpaired) electrons. The topological polar surface area (TPSA) is 69.9 Å². The zero-order valence-electron chi connectivity index (χ0n) is 6.14. The average Bonchev–Trinajstić information content (AvgIpc) is 2.05. The summed E-state index contributed by atoms with van der Waals surface area (Å²) in [5.41, 5.74) is 0.503. The Morgan fingerprint density at radius 1 is 1.42 bits per heavy atom. The molecular formula is C8H7NO3. The molecule has 62 valence electrons. The van der Waals surface area contributed by atoms with E-state index in [-0.39, 0.29) is 5.56 Å². The van der Waals surface area contributed by atoms with Gasteiger partial charge in [0.1, 0.15) is 0 Å². The largest absolute Gasteiger partial charge is 0.478 e. The Balaban J connectivity index is 3.17. The minimum Gasteiger partial charge on any atom is -0.478 e. The Bertz CT molecular complexity index is 320. The van der Waals surface area contributed by atoms with Crippen molar-refractivity contribution in [1.29, 1.82) is 0 Å². The van der Waals surface area contributed by atoms with Gasteiger partial charge in [0.25, 0.3) is 0 Å². The normalized spacial score (nSPS) is 10.3. The van der Waals surface area contributed by atoms with Gasteiger partial charge in [0, 0.05) is 5.56 Å². The number of hydrogen-bond donors (Lipinski definition) is 2. The molecule has 4 heteroatoms. The van der Waals surface area contributed by atoms with Crippen LogP contribution in [0.5, 0.6) is 0 Å². The third-order valence-electron chi connectivity index (χ3n) is 1.39. The van der Waals surface area contributed by atoms with Crippen LogP contribution in [0.1, 0.15) is 15.9 Å².